The van der Waals surface area contributed by atoms with Gasteiger partial charge in [-0.2, -0.15) is 13.6 Å². The Balaban J connectivity index is 1.000. The highest BCUT2D eigenvalue weighted by Crippen LogP contribution is 2.68. The molecule has 75 heavy (non-hydrogen) atoms. The van der Waals surface area contributed by atoms with Crippen LogP contribution in [0.4, 0.5) is 17.6 Å². The first-order valence-corrected chi connectivity index (χ1v) is 28.0. The summed E-state index contributed by atoms with van der Waals surface area (Å²) < 4.78 is 84.2. The lowest BCUT2D eigenvalue weighted by Gasteiger charge is -2.23. The molecule has 6 heterocycles. The predicted octanol–water partition coefficient (Wildman–Crippen LogP) is 2.02. The number of nitrogens with two attached hydrogens (primary N) is 2. The van der Waals surface area contributed by atoms with Crippen LogP contribution in [0.15, 0.2) is 46.5 Å². The van der Waals surface area contributed by atoms with E-state index in [0.717, 1.165) is 49.4 Å². The molecule has 1 aromatic carbocycles. The van der Waals surface area contributed by atoms with Gasteiger partial charge in [0.25, 0.3) is 22.8 Å². The molecular formula is C40H59N11O21P3+. The molecule has 12 atom stereocenters. The zero-order valence-electron chi connectivity index (χ0n) is 40.3. The largest absolute Gasteiger partial charge is 0.490 e. The number of phosphoric acid groups is 3. The molecule has 0 aliphatic carbocycles. The zero-order chi connectivity index (χ0) is 54.4. The van der Waals surface area contributed by atoms with E-state index in [1.54, 1.807) is 12.1 Å². The molecule has 5 aromatic rings. The second-order valence-electron chi connectivity index (χ2n) is 17.6. The van der Waals surface area contributed by atoms with Crippen molar-refractivity contribution in [1.82, 2.24) is 34.1 Å². The smallest absolute Gasteiger partial charge is 0.387 e. The third kappa shape index (κ3) is 14.2. The quantitative estimate of drug-likeness (QED) is 0.00855. The number of anilines is 2. The Morgan fingerprint density at radius 2 is 1.44 bits per heavy atom. The number of aromatic amines is 2. The molecule has 32 nitrogen and oxygen atoms in total. The van der Waals surface area contributed by atoms with E-state index in [1.807, 2.05) is 0 Å². The minimum Gasteiger partial charge on any atom is -0.387 e. The molecule has 6 unspecified atom stereocenters. The molecule has 0 spiro atoms. The van der Waals surface area contributed by atoms with E-state index in [9.17, 15) is 63.4 Å². The summed E-state index contributed by atoms with van der Waals surface area (Å²) in [6, 6.07) is 6.03. The van der Waals surface area contributed by atoms with Gasteiger partial charge in [-0.3, -0.25) is 47.9 Å². The van der Waals surface area contributed by atoms with Crippen molar-refractivity contribution < 1.29 is 89.8 Å². The topological polar surface area (TPSA) is 460 Å². The molecular weight excluding hydrogens is 1060 g/mol. The van der Waals surface area contributed by atoms with E-state index in [1.165, 1.54) is 47.5 Å². The van der Waals surface area contributed by atoms with Crippen molar-refractivity contribution in [2.24, 2.45) is 7.05 Å². The fourth-order valence-corrected chi connectivity index (χ4v) is 12.2. The number of phosphoric ester groups is 2. The molecule has 0 bridgehead atoms. The molecule has 2 aliphatic heterocycles. The number of nitro groups is 1. The molecule has 2 aliphatic rings. The Bertz CT molecular complexity index is 3070. The van der Waals surface area contributed by atoms with Gasteiger partial charge in [0.15, 0.2) is 23.7 Å². The second kappa shape index (κ2) is 24.6. The van der Waals surface area contributed by atoms with Crippen LogP contribution in [0.3, 0.4) is 0 Å². The van der Waals surface area contributed by atoms with Gasteiger partial charge < -0.3 is 60.4 Å². The van der Waals surface area contributed by atoms with Crippen LogP contribution in [0.25, 0.3) is 22.3 Å². The number of aliphatic hydroxyl groups is 3. The van der Waals surface area contributed by atoms with E-state index in [0.29, 0.717) is 12.8 Å². The molecule has 7 rings (SSSR count). The number of H-pyrrole nitrogens is 2. The number of unbranched alkanes of at least 4 members (excludes halogenated alkanes) is 8. The van der Waals surface area contributed by atoms with Gasteiger partial charge in [-0.05, 0) is 12.5 Å². The monoisotopic (exact) mass is 1120 g/mol. The van der Waals surface area contributed by atoms with Gasteiger partial charge in [-0.25, -0.2) is 23.2 Å². The van der Waals surface area contributed by atoms with Gasteiger partial charge in [0.05, 0.1) is 43.2 Å². The number of nitro benzene ring substituents is 1. The predicted molar refractivity (Wildman–Crippen MR) is 256 cm³/mol. The molecule has 0 saturated carbocycles. The molecule has 4 aromatic heterocycles. The number of aryl methyl sites for hydroxylation is 1. The SMILES string of the molecule is CCCCCCCCCCCC(OCOC1[C@@H](O)[C@@H](COP(=O)(O)OP(=O)(O)OP(=O)(O)OC[C@H]2O[C@@H](n3cnc4c(=O)[nH]c(N)nc43)C(O)[C@H]2O)O[C@H]1[n+]1cn(C)c2c(=O)[nH]c(N)nc21)c1ccccc1[N+](=O)[O-]. The number of hydrogen-bond acceptors (Lipinski definition) is 23. The van der Waals surface area contributed by atoms with Crippen LogP contribution in [0, 0.1) is 10.1 Å². The van der Waals surface area contributed by atoms with Gasteiger partial charge in [0.2, 0.25) is 17.7 Å². The Hall–Kier alpha value is -4.95. The molecule has 35 heteroatoms. The van der Waals surface area contributed by atoms with Crippen LogP contribution < -0.4 is 27.2 Å². The molecule has 0 radical (unpaired) electrons. The summed E-state index contributed by atoms with van der Waals surface area (Å²) in [5.41, 5.74) is 9.68. The first-order chi connectivity index (χ1) is 35.5. The van der Waals surface area contributed by atoms with Crippen molar-refractivity contribution in [1.29, 1.82) is 0 Å². The third-order valence-electron chi connectivity index (χ3n) is 12.2. The number of fused-ring (bicyclic) bond motifs is 2. The van der Waals surface area contributed by atoms with Crippen molar-refractivity contribution in [3.05, 3.63) is 73.3 Å². The molecule has 414 valence electrons. The van der Waals surface area contributed by atoms with Crippen molar-refractivity contribution in [3.63, 3.8) is 0 Å². The Morgan fingerprint density at radius 1 is 0.840 bits per heavy atom. The first kappa shape index (κ1) is 57.7. The molecule has 0 amide bonds. The van der Waals surface area contributed by atoms with Crippen LogP contribution in [-0.4, -0.2) is 126 Å². The maximum absolute atomic E-state index is 13.1. The summed E-state index contributed by atoms with van der Waals surface area (Å²) in [6.07, 6.45) is -2.23. The van der Waals surface area contributed by atoms with Crippen molar-refractivity contribution in [2.75, 3.05) is 31.5 Å². The fourth-order valence-electron chi connectivity index (χ4n) is 8.69. The number of hydrogen-bond donors (Lipinski definition) is 10. The minimum absolute atomic E-state index is 0.00850. The van der Waals surface area contributed by atoms with Gasteiger partial charge in [-0.1, -0.05) is 81.8 Å². The van der Waals surface area contributed by atoms with E-state index in [4.69, 9.17) is 34.9 Å². The molecule has 2 saturated heterocycles. The lowest BCUT2D eigenvalue weighted by atomic mass is 10.00. The number of nitrogen functional groups attached to an aromatic ring is 2. The first-order valence-electron chi connectivity index (χ1n) is 23.5. The number of aliphatic hydroxyl groups excluding tert-OH is 3. The summed E-state index contributed by atoms with van der Waals surface area (Å²) in [5, 5.41) is 45.0. The van der Waals surface area contributed by atoms with Gasteiger partial charge in [0.1, 0.15) is 43.4 Å². The van der Waals surface area contributed by atoms with Gasteiger partial charge >= 0.3 is 29.1 Å². The van der Waals surface area contributed by atoms with Crippen molar-refractivity contribution >= 4 is 63.4 Å². The number of para-hydroxylation sites is 1. The third-order valence-corrected chi connectivity index (χ3v) is 16.5. The highest BCUT2D eigenvalue weighted by molar-refractivity contribution is 7.66. The highest BCUT2D eigenvalue weighted by Gasteiger charge is 2.51. The summed E-state index contributed by atoms with van der Waals surface area (Å²) in [5.74, 6) is -0.625. The number of rotatable bonds is 28. The molecule has 12 N–H and O–H groups in total. The Labute approximate surface area is 424 Å². The summed E-state index contributed by atoms with van der Waals surface area (Å²) in [6.45, 7) is -0.718. The number of aromatic nitrogens is 8. The average molecular weight is 1120 g/mol. The van der Waals surface area contributed by atoms with Gasteiger partial charge in [0, 0.05) is 6.07 Å². The number of nitrogens with zero attached hydrogens (tertiary/aromatic N) is 7. The minimum atomic E-state index is -6.12. The number of ether oxygens (including phenoxy) is 4. The molecule has 2 fully saturated rings. The van der Waals surface area contributed by atoms with Crippen LogP contribution >= 0.6 is 23.5 Å². The maximum atomic E-state index is 13.1. The number of benzene rings is 1. The standard InChI is InChI=1S/C40H58N11O21P3/c1-3-4-5-6-7-8-9-10-11-16-24(22-14-12-13-15-23(22)51(57)58)65-21-66-32-30(53)26(70-38(32)50-20-48(2)28-34(50)45-40(42)47-36(28)56)18-68-74(61,62)72-75(63,64)71-73(59,60)67-17-25-29(52)31(54)37(69-25)49-19-43-27-33(49)44-39(41)46-35(27)55/h12-15,19-20,24-26,29-32,37-38,52-54H,3-11,16-18,21H2,1-2H3,(H8-,41,42,44,45,46,47,55,56,59,60,61,62,63,64)/p+1/t24?,25-,26-,29+,30+,31?,32?,37-,38-/m1/s1. The zero-order valence-corrected chi connectivity index (χ0v) is 43.0. The fraction of sp³-hybridized carbons (Fsp3) is 0.600. The van der Waals surface area contributed by atoms with Crippen LogP contribution in [0.1, 0.15) is 95.3 Å². The second-order valence-corrected chi connectivity index (χ2v) is 22.3. The number of imidazole rings is 2. The van der Waals surface area contributed by atoms with E-state index in [2.05, 4.69) is 45.0 Å². The van der Waals surface area contributed by atoms with E-state index < -0.39 is 115 Å². The summed E-state index contributed by atoms with van der Waals surface area (Å²) in [7, 11) is -16.2. The van der Waals surface area contributed by atoms with Crippen molar-refractivity contribution in [2.45, 2.75) is 126 Å². The van der Waals surface area contributed by atoms with Crippen molar-refractivity contribution in [3.8, 4) is 0 Å². The number of nitrogens with one attached hydrogen (secondary N) is 2. The van der Waals surface area contributed by atoms with Crippen LogP contribution in [-0.2, 0) is 57.4 Å². The summed E-state index contributed by atoms with van der Waals surface area (Å²) in [4.78, 5) is 84.4. The van der Waals surface area contributed by atoms with E-state index in [-0.39, 0.29) is 45.5 Å². The maximum Gasteiger partial charge on any atom is 0.490 e. The normalized spacial score (nSPS) is 24.9. The summed E-state index contributed by atoms with van der Waals surface area (Å²) >= 11 is 0. The van der Waals surface area contributed by atoms with Crippen LogP contribution in [0.2, 0.25) is 0 Å². The lowest BCUT2D eigenvalue weighted by molar-refractivity contribution is -0.746. The Morgan fingerprint density at radius 3 is 2.09 bits per heavy atom. The lowest BCUT2D eigenvalue weighted by Crippen LogP contribution is -2.47. The van der Waals surface area contributed by atoms with Crippen LogP contribution in [0.5, 0.6) is 0 Å². The Kier molecular flexibility index (Phi) is 18.9. The van der Waals surface area contributed by atoms with Gasteiger partial charge in [-0.15, -0.1) is 0 Å². The average Bonchev–Trinajstić information content (AvgIpc) is 4.07. The highest BCUT2D eigenvalue weighted by atomic mass is 31.3. The van der Waals surface area contributed by atoms with E-state index >= 15 is 0 Å².